The number of hydrogen-bond acceptors (Lipinski definition) is 4. The molecule has 0 atom stereocenters. The van der Waals surface area contributed by atoms with Crippen molar-refractivity contribution in [1.82, 2.24) is 15.3 Å². The number of hydrogen-bond donors (Lipinski definition) is 3. The number of aromatic hydroxyl groups is 1. The fourth-order valence-electron chi connectivity index (χ4n) is 4.04. The van der Waals surface area contributed by atoms with Gasteiger partial charge < -0.3 is 20.1 Å². The number of fused-ring (bicyclic) bond motifs is 3. The zero-order valence-electron chi connectivity index (χ0n) is 18.9. The summed E-state index contributed by atoms with van der Waals surface area (Å²) in [5.74, 6) is -0.288. The molecule has 1 amide bonds. The minimum Gasteiger partial charge on any atom is -0.504 e. The summed E-state index contributed by atoms with van der Waals surface area (Å²) in [5.41, 5.74) is 4.39. The molecule has 6 nitrogen and oxygen atoms in total. The molecule has 0 aliphatic rings. The van der Waals surface area contributed by atoms with E-state index in [0.29, 0.717) is 28.3 Å². The lowest BCUT2D eigenvalue weighted by Gasteiger charge is -2.08. The van der Waals surface area contributed by atoms with Crippen LogP contribution >= 0.6 is 0 Å². The highest BCUT2D eigenvalue weighted by Crippen LogP contribution is 2.33. The van der Waals surface area contributed by atoms with Crippen molar-refractivity contribution in [2.75, 3.05) is 7.11 Å². The first-order valence-corrected chi connectivity index (χ1v) is 11.0. The van der Waals surface area contributed by atoms with Crippen LogP contribution in [-0.2, 0) is 11.3 Å². The van der Waals surface area contributed by atoms with Gasteiger partial charge in [-0.05, 0) is 48.0 Å². The van der Waals surface area contributed by atoms with Crippen LogP contribution in [0.1, 0.15) is 11.3 Å². The van der Waals surface area contributed by atoms with Crippen LogP contribution in [-0.4, -0.2) is 28.1 Å². The Morgan fingerprint density at radius 3 is 2.77 bits per heavy atom. The van der Waals surface area contributed by atoms with E-state index in [4.69, 9.17) is 9.72 Å². The summed E-state index contributed by atoms with van der Waals surface area (Å²) >= 11 is 0. The lowest BCUT2D eigenvalue weighted by atomic mass is 10.1. The number of pyridine rings is 1. The molecule has 35 heavy (non-hydrogen) atoms. The number of ether oxygens (including phenoxy) is 1. The van der Waals surface area contributed by atoms with Crippen molar-refractivity contribution in [2.24, 2.45) is 0 Å². The number of amides is 1. The third-order valence-electron chi connectivity index (χ3n) is 5.72. The van der Waals surface area contributed by atoms with Crippen molar-refractivity contribution in [3.8, 4) is 22.8 Å². The number of nitrogens with one attached hydrogen (secondary N) is 2. The molecule has 5 rings (SSSR count). The number of methoxy groups -OCH3 is 1. The van der Waals surface area contributed by atoms with Gasteiger partial charge in [-0.25, -0.2) is 9.37 Å². The van der Waals surface area contributed by atoms with Crippen LogP contribution in [0.25, 0.3) is 39.1 Å². The maximum atomic E-state index is 14.0. The van der Waals surface area contributed by atoms with E-state index in [-0.39, 0.29) is 24.0 Å². The number of carbonyl (C=O) groups excluding carboxylic acids is 1. The minimum atomic E-state index is -0.344. The summed E-state index contributed by atoms with van der Waals surface area (Å²) in [6, 6.07) is 21.0. The van der Waals surface area contributed by atoms with E-state index in [9.17, 15) is 14.3 Å². The maximum Gasteiger partial charge on any atom is 0.244 e. The lowest BCUT2D eigenvalue weighted by Crippen LogP contribution is -2.21. The smallest absolute Gasteiger partial charge is 0.244 e. The van der Waals surface area contributed by atoms with E-state index in [0.717, 1.165) is 21.8 Å². The van der Waals surface area contributed by atoms with Crippen molar-refractivity contribution in [3.63, 3.8) is 0 Å². The fourth-order valence-corrected chi connectivity index (χ4v) is 4.04. The standard InChI is InChI=1S/C28H22FN3O3/c1-35-25-13-17(9-11-24(25)33)10-12-26(34)30-16-20-15-22-21-7-2-3-8-23(21)32-28(22)27(31-20)18-5-4-6-19(29)14-18/h2-15,32-33H,16H2,1H3,(H,30,34)/b12-10+. The number of para-hydroxylation sites is 1. The third-order valence-corrected chi connectivity index (χ3v) is 5.72. The molecule has 0 saturated heterocycles. The number of H-pyrrole nitrogens is 1. The highest BCUT2D eigenvalue weighted by molar-refractivity contribution is 6.11. The average molecular weight is 468 g/mol. The summed E-state index contributed by atoms with van der Waals surface area (Å²) in [4.78, 5) is 20.6. The quantitative estimate of drug-likeness (QED) is 0.285. The van der Waals surface area contributed by atoms with Crippen LogP contribution < -0.4 is 10.1 Å². The monoisotopic (exact) mass is 467 g/mol. The molecule has 0 radical (unpaired) electrons. The number of aromatic amines is 1. The molecule has 0 fully saturated rings. The zero-order valence-corrected chi connectivity index (χ0v) is 18.9. The Balaban J connectivity index is 1.44. The lowest BCUT2D eigenvalue weighted by molar-refractivity contribution is -0.116. The molecule has 5 aromatic rings. The van der Waals surface area contributed by atoms with Gasteiger partial charge in [-0.3, -0.25) is 4.79 Å². The van der Waals surface area contributed by atoms with Crippen LogP contribution in [0.4, 0.5) is 4.39 Å². The van der Waals surface area contributed by atoms with E-state index < -0.39 is 0 Å². The summed E-state index contributed by atoms with van der Waals surface area (Å²) in [6.07, 6.45) is 3.04. The molecule has 2 heterocycles. The molecule has 0 aliphatic carbocycles. The Labute approximate surface area is 200 Å². The molecule has 3 N–H and O–H groups in total. The van der Waals surface area contributed by atoms with Gasteiger partial charge in [-0.2, -0.15) is 0 Å². The maximum absolute atomic E-state index is 14.0. The minimum absolute atomic E-state index is 0.0296. The molecule has 0 saturated carbocycles. The molecule has 3 aromatic carbocycles. The molecular formula is C28H22FN3O3. The van der Waals surface area contributed by atoms with Gasteiger partial charge in [-0.1, -0.05) is 36.4 Å². The predicted octanol–water partition coefficient (Wildman–Crippen LogP) is 5.57. The van der Waals surface area contributed by atoms with Crippen molar-refractivity contribution in [3.05, 3.63) is 95.9 Å². The van der Waals surface area contributed by atoms with E-state index in [1.807, 2.05) is 36.4 Å². The van der Waals surface area contributed by atoms with Gasteiger partial charge in [-0.15, -0.1) is 0 Å². The predicted molar refractivity (Wildman–Crippen MR) is 135 cm³/mol. The van der Waals surface area contributed by atoms with Gasteiger partial charge in [0.25, 0.3) is 0 Å². The van der Waals surface area contributed by atoms with Gasteiger partial charge in [0.15, 0.2) is 11.5 Å². The fraction of sp³-hybridized carbons (Fsp3) is 0.0714. The first-order chi connectivity index (χ1) is 17.0. The van der Waals surface area contributed by atoms with Gasteiger partial charge >= 0.3 is 0 Å². The van der Waals surface area contributed by atoms with Gasteiger partial charge in [0, 0.05) is 27.9 Å². The van der Waals surface area contributed by atoms with Crippen LogP contribution in [0.5, 0.6) is 11.5 Å². The Morgan fingerprint density at radius 1 is 1.09 bits per heavy atom. The SMILES string of the molecule is COc1cc(/C=C/C(=O)NCc2cc3c([nH]c4ccccc43)c(-c3cccc(F)c3)n2)ccc1O. The van der Waals surface area contributed by atoms with Crippen LogP contribution in [0.3, 0.4) is 0 Å². The van der Waals surface area contributed by atoms with Crippen molar-refractivity contribution < 1.29 is 19.0 Å². The normalized spacial score (nSPS) is 11.4. The summed E-state index contributed by atoms with van der Waals surface area (Å²) < 4.78 is 19.1. The van der Waals surface area contributed by atoms with Crippen molar-refractivity contribution in [1.29, 1.82) is 0 Å². The largest absolute Gasteiger partial charge is 0.504 e. The number of phenolic OH excluding ortho intramolecular Hbond substituents is 1. The first-order valence-electron chi connectivity index (χ1n) is 11.0. The topological polar surface area (TPSA) is 87.2 Å². The second-order valence-corrected chi connectivity index (χ2v) is 8.05. The van der Waals surface area contributed by atoms with Crippen molar-refractivity contribution >= 4 is 33.8 Å². The number of phenols is 1. The summed E-state index contributed by atoms with van der Waals surface area (Å²) in [7, 11) is 1.46. The molecule has 7 heteroatoms. The van der Waals surface area contributed by atoms with Crippen molar-refractivity contribution in [2.45, 2.75) is 6.54 Å². The number of halogens is 1. The molecule has 0 spiro atoms. The molecule has 2 aromatic heterocycles. The zero-order chi connectivity index (χ0) is 24.4. The Kier molecular flexibility index (Phi) is 5.89. The Bertz CT molecular complexity index is 1590. The van der Waals surface area contributed by atoms with E-state index in [2.05, 4.69) is 10.3 Å². The number of nitrogens with zero attached hydrogens (tertiary/aromatic N) is 1. The van der Waals surface area contributed by atoms with E-state index in [1.54, 1.807) is 24.3 Å². The molecule has 0 aliphatic heterocycles. The average Bonchev–Trinajstić information content (AvgIpc) is 3.25. The summed E-state index contributed by atoms with van der Waals surface area (Å²) in [5, 5.41) is 14.5. The number of benzene rings is 3. The van der Waals surface area contributed by atoms with Crippen LogP contribution in [0.2, 0.25) is 0 Å². The number of carbonyl (C=O) groups is 1. The third kappa shape index (κ3) is 4.56. The Hall–Kier alpha value is -4.65. The second-order valence-electron chi connectivity index (χ2n) is 8.05. The molecule has 0 bridgehead atoms. The first kappa shape index (κ1) is 22.2. The number of aromatic nitrogens is 2. The molecular weight excluding hydrogens is 445 g/mol. The van der Waals surface area contributed by atoms with Crippen LogP contribution in [0, 0.1) is 5.82 Å². The Morgan fingerprint density at radius 2 is 1.94 bits per heavy atom. The highest BCUT2D eigenvalue weighted by atomic mass is 19.1. The van der Waals surface area contributed by atoms with Crippen LogP contribution in [0.15, 0.2) is 78.9 Å². The molecule has 0 unspecified atom stereocenters. The van der Waals surface area contributed by atoms with Gasteiger partial charge in [0.1, 0.15) is 5.82 Å². The number of rotatable bonds is 6. The second kappa shape index (κ2) is 9.30. The molecule has 174 valence electrons. The van der Waals surface area contributed by atoms with E-state index in [1.165, 1.54) is 31.4 Å². The van der Waals surface area contributed by atoms with E-state index >= 15 is 0 Å². The summed E-state index contributed by atoms with van der Waals surface area (Å²) in [6.45, 7) is 0.194. The highest BCUT2D eigenvalue weighted by Gasteiger charge is 2.14. The van der Waals surface area contributed by atoms with Gasteiger partial charge in [0.2, 0.25) is 5.91 Å². The van der Waals surface area contributed by atoms with Gasteiger partial charge in [0.05, 0.1) is 30.6 Å².